The number of carboxylic acid groups (broad SMARTS) is 1. The van der Waals surface area contributed by atoms with E-state index in [0.717, 1.165) is 5.56 Å². The summed E-state index contributed by atoms with van der Waals surface area (Å²) >= 11 is 1.50. The fourth-order valence-electron chi connectivity index (χ4n) is 2.90. The van der Waals surface area contributed by atoms with Crippen LogP contribution in [0.15, 0.2) is 30.3 Å². The molecule has 1 rings (SSSR count). The van der Waals surface area contributed by atoms with Gasteiger partial charge in [0.05, 0.1) is 6.04 Å². The molecule has 1 aromatic carbocycles. The molecule has 0 aromatic heterocycles. The monoisotopic (exact) mass is 466 g/mol. The summed E-state index contributed by atoms with van der Waals surface area (Å²) in [4.78, 5) is 49.1. The summed E-state index contributed by atoms with van der Waals surface area (Å²) in [5.41, 5.74) is 6.93. The Kier molecular flexibility index (Phi) is 11.8. The summed E-state index contributed by atoms with van der Waals surface area (Å²) in [6.07, 6.45) is 2.50. The number of carbonyl (C=O) groups is 4. The summed E-state index contributed by atoms with van der Waals surface area (Å²) in [7, 11) is 0. The average molecular weight is 467 g/mol. The molecule has 3 amide bonds. The van der Waals surface area contributed by atoms with Crippen LogP contribution in [-0.4, -0.2) is 65.0 Å². The average Bonchev–Trinajstić information content (AvgIpc) is 2.74. The van der Waals surface area contributed by atoms with Gasteiger partial charge in [-0.25, -0.2) is 0 Å². The van der Waals surface area contributed by atoms with Crippen LogP contribution < -0.4 is 21.7 Å². The number of hydrogen-bond donors (Lipinski definition) is 5. The third-order valence-electron chi connectivity index (χ3n) is 4.85. The van der Waals surface area contributed by atoms with Crippen LogP contribution in [0.5, 0.6) is 0 Å². The van der Waals surface area contributed by atoms with Crippen molar-refractivity contribution in [1.82, 2.24) is 16.0 Å². The van der Waals surface area contributed by atoms with Gasteiger partial charge in [-0.15, -0.1) is 0 Å². The van der Waals surface area contributed by atoms with E-state index in [1.807, 2.05) is 36.6 Å². The zero-order valence-electron chi connectivity index (χ0n) is 19.0. The second-order valence-electron chi connectivity index (χ2n) is 7.94. The van der Waals surface area contributed by atoms with E-state index in [9.17, 15) is 19.2 Å². The maximum atomic E-state index is 12.9. The fraction of sp³-hybridized carbons (Fsp3) is 0.545. The number of thioether (sulfide) groups is 1. The van der Waals surface area contributed by atoms with Crippen molar-refractivity contribution in [3.05, 3.63) is 35.9 Å². The normalized spacial score (nSPS) is 14.7. The molecule has 6 N–H and O–H groups in total. The molecule has 0 saturated carbocycles. The first-order chi connectivity index (χ1) is 15.1. The molecule has 0 aliphatic carbocycles. The SMILES string of the molecule is CSCCC(NC(=O)C(NC(=O)C(N)Cc1ccccc1)C(C)C)C(=O)NC(C)C(=O)O. The van der Waals surface area contributed by atoms with E-state index in [1.54, 1.807) is 13.8 Å². The predicted octanol–water partition coefficient (Wildman–Crippen LogP) is 0.524. The molecular formula is C22H34N4O5S. The van der Waals surface area contributed by atoms with E-state index < -0.39 is 47.9 Å². The first-order valence-corrected chi connectivity index (χ1v) is 11.9. The van der Waals surface area contributed by atoms with Gasteiger partial charge in [-0.05, 0) is 43.3 Å². The molecule has 0 spiro atoms. The third-order valence-corrected chi connectivity index (χ3v) is 5.50. The van der Waals surface area contributed by atoms with Crippen LogP contribution in [0.1, 0.15) is 32.8 Å². The minimum absolute atomic E-state index is 0.259. The van der Waals surface area contributed by atoms with Gasteiger partial charge in [-0.2, -0.15) is 11.8 Å². The van der Waals surface area contributed by atoms with Gasteiger partial charge in [0.2, 0.25) is 17.7 Å². The molecule has 1 aromatic rings. The van der Waals surface area contributed by atoms with Crippen LogP contribution in [0.2, 0.25) is 0 Å². The minimum Gasteiger partial charge on any atom is -0.480 e. The van der Waals surface area contributed by atoms with E-state index in [1.165, 1.54) is 18.7 Å². The summed E-state index contributed by atoms with van der Waals surface area (Å²) in [6, 6.07) is 5.57. The molecule has 0 bridgehead atoms. The van der Waals surface area contributed by atoms with Crippen molar-refractivity contribution in [2.24, 2.45) is 11.7 Å². The van der Waals surface area contributed by atoms with Crippen molar-refractivity contribution >= 4 is 35.5 Å². The first-order valence-electron chi connectivity index (χ1n) is 10.5. The van der Waals surface area contributed by atoms with Gasteiger partial charge in [-0.3, -0.25) is 19.2 Å². The lowest BCUT2D eigenvalue weighted by molar-refractivity contribution is -0.141. The Balaban J connectivity index is 2.83. The number of benzene rings is 1. The lowest BCUT2D eigenvalue weighted by atomic mass is 10.0. The number of amides is 3. The van der Waals surface area contributed by atoms with Gasteiger partial charge in [0, 0.05) is 0 Å². The first kappa shape index (κ1) is 27.4. The zero-order valence-corrected chi connectivity index (χ0v) is 19.8. The Morgan fingerprint density at radius 3 is 2.12 bits per heavy atom. The number of rotatable bonds is 13. The molecule has 0 fully saturated rings. The van der Waals surface area contributed by atoms with Crippen molar-refractivity contribution in [3.63, 3.8) is 0 Å². The molecule has 0 aliphatic heterocycles. The van der Waals surface area contributed by atoms with Crippen molar-refractivity contribution < 1.29 is 24.3 Å². The maximum Gasteiger partial charge on any atom is 0.325 e. The highest BCUT2D eigenvalue weighted by molar-refractivity contribution is 7.98. The van der Waals surface area contributed by atoms with E-state index in [4.69, 9.17) is 10.8 Å². The molecule has 4 atom stereocenters. The lowest BCUT2D eigenvalue weighted by Gasteiger charge is -2.26. The van der Waals surface area contributed by atoms with Gasteiger partial charge in [0.1, 0.15) is 18.1 Å². The molecule has 10 heteroatoms. The van der Waals surface area contributed by atoms with Crippen molar-refractivity contribution in [2.75, 3.05) is 12.0 Å². The standard InChI is InChI=1S/C22H34N4O5S/c1-13(2)18(26-19(27)16(23)12-15-8-6-5-7-9-15)21(29)25-17(10-11-32-4)20(28)24-14(3)22(30)31/h5-9,13-14,16-18H,10-12,23H2,1-4H3,(H,24,28)(H,25,29)(H,26,27)(H,30,31). The fourth-order valence-corrected chi connectivity index (χ4v) is 3.37. The molecule has 32 heavy (non-hydrogen) atoms. The van der Waals surface area contributed by atoms with Gasteiger partial charge in [0.15, 0.2) is 0 Å². The van der Waals surface area contributed by atoms with Crippen LogP contribution >= 0.6 is 11.8 Å². The molecule has 178 valence electrons. The quantitative estimate of drug-likeness (QED) is 0.284. The molecule has 4 unspecified atom stereocenters. The summed E-state index contributed by atoms with van der Waals surface area (Å²) in [6.45, 7) is 4.90. The maximum absolute atomic E-state index is 12.9. The number of nitrogens with two attached hydrogens (primary N) is 1. The number of nitrogens with one attached hydrogen (secondary N) is 3. The van der Waals surface area contributed by atoms with Crippen LogP contribution in [0.25, 0.3) is 0 Å². The second-order valence-corrected chi connectivity index (χ2v) is 8.92. The molecule has 0 aliphatic rings. The van der Waals surface area contributed by atoms with Gasteiger partial charge >= 0.3 is 5.97 Å². The minimum atomic E-state index is -1.17. The van der Waals surface area contributed by atoms with E-state index in [0.29, 0.717) is 18.6 Å². The van der Waals surface area contributed by atoms with Crippen LogP contribution in [0.3, 0.4) is 0 Å². The molecule has 0 radical (unpaired) electrons. The highest BCUT2D eigenvalue weighted by Crippen LogP contribution is 2.08. The van der Waals surface area contributed by atoms with Crippen LogP contribution in [0, 0.1) is 5.92 Å². The number of aliphatic carboxylic acids is 1. The second kappa shape index (κ2) is 13.7. The summed E-state index contributed by atoms with van der Waals surface area (Å²) in [5, 5.41) is 16.7. The van der Waals surface area contributed by atoms with E-state index in [2.05, 4.69) is 16.0 Å². The summed E-state index contributed by atoms with van der Waals surface area (Å²) in [5.74, 6) is -2.42. The smallest absolute Gasteiger partial charge is 0.325 e. The van der Waals surface area contributed by atoms with Gasteiger partial charge in [-0.1, -0.05) is 44.2 Å². The number of carboxylic acids is 1. The zero-order chi connectivity index (χ0) is 24.3. The highest BCUT2D eigenvalue weighted by Gasteiger charge is 2.30. The Hall–Kier alpha value is -2.59. The highest BCUT2D eigenvalue weighted by atomic mass is 32.2. The Morgan fingerprint density at radius 2 is 1.59 bits per heavy atom. The number of carbonyl (C=O) groups excluding carboxylic acids is 3. The Labute approximate surface area is 193 Å². The molecule has 9 nitrogen and oxygen atoms in total. The number of hydrogen-bond acceptors (Lipinski definition) is 6. The van der Waals surface area contributed by atoms with E-state index >= 15 is 0 Å². The predicted molar refractivity (Wildman–Crippen MR) is 125 cm³/mol. The van der Waals surface area contributed by atoms with Crippen LogP contribution in [-0.2, 0) is 25.6 Å². The molecule has 0 heterocycles. The molecule has 0 saturated heterocycles. The lowest BCUT2D eigenvalue weighted by Crippen LogP contribution is -2.58. The largest absolute Gasteiger partial charge is 0.480 e. The van der Waals surface area contributed by atoms with Crippen molar-refractivity contribution in [3.8, 4) is 0 Å². The van der Waals surface area contributed by atoms with Crippen molar-refractivity contribution in [2.45, 2.75) is 57.8 Å². The van der Waals surface area contributed by atoms with Crippen LogP contribution in [0.4, 0.5) is 0 Å². The topological polar surface area (TPSA) is 151 Å². The van der Waals surface area contributed by atoms with Gasteiger partial charge < -0.3 is 26.8 Å². The molecular weight excluding hydrogens is 432 g/mol. The van der Waals surface area contributed by atoms with E-state index in [-0.39, 0.29) is 5.92 Å². The van der Waals surface area contributed by atoms with Gasteiger partial charge in [0.25, 0.3) is 0 Å². The summed E-state index contributed by atoms with van der Waals surface area (Å²) < 4.78 is 0. The van der Waals surface area contributed by atoms with Crippen molar-refractivity contribution in [1.29, 1.82) is 0 Å². The third kappa shape index (κ3) is 9.27. The Morgan fingerprint density at radius 1 is 0.969 bits per heavy atom. The Bertz CT molecular complexity index is 775.